The summed E-state index contributed by atoms with van der Waals surface area (Å²) in [5.41, 5.74) is 4.74. The highest BCUT2D eigenvalue weighted by Gasteiger charge is 2.31. The van der Waals surface area contributed by atoms with Crippen LogP contribution in [-0.2, 0) is 6.54 Å². The topological polar surface area (TPSA) is 46.7 Å². The quantitative estimate of drug-likeness (QED) is 0.235. The van der Waals surface area contributed by atoms with Gasteiger partial charge in [0.15, 0.2) is 0 Å². The van der Waals surface area contributed by atoms with Gasteiger partial charge in [0.2, 0.25) is 0 Å². The van der Waals surface area contributed by atoms with Crippen molar-refractivity contribution in [3.8, 4) is 0 Å². The summed E-state index contributed by atoms with van der Waals surface area (Å²) in [6.45, 7) is 6.57. The molecule has 1 saturated heterocycles. The second-order valence-corrected chi connectivity index (χ2v) is 8.87. The molecule has 7 heteroatoms. The fraction of sp³-hybridized carbons (Fsp3) is 0.296. The molecule has 3 aromatic carbocycles. The van der Waals surface area contributed by atoms with Crippen molar-refractivity contribution in [2.24, 2.45) is 0 Å². The van der Waals surface area contributed by atoms with Crippen LogP contribution < -0.4 is 40.3 Å². The largest absolute Gasteiger partial charge is 1.00 e. The van der Waals surface area contributed by atoms with Gasteiger partial charge in [-0.3, -0.25) is 4.57 Å². The smallest absolute Gasteiger partial charge is 0.326 e. The highest BCUT2D eigenvalue weighted by atomic mass is 35.5. The predicted octanol–water partition coefficient (Wildman–Crippen LogP) is -4.70. The molecule has 0 aliphatic carbocycles. The Morgan fingerprint density at radius 2 is 1.32 bits per heavy atom. The van der Waals surface area contributed by atoms with E-state index < -0.39 is 0 Å². The second kappa shape index (κ2) is 12.2. The van der Waals surface area contributed by atoms with Gasteiger partial charge in [0.25, 0.3) is 0 Å². The first-order valence-corrected chi connectivity index (χ1v) is 11.8. The summed E-state index contributed by atoms with van der Waals surface area (Å²) in [5.74, 6) is 0. The van der Waals surface area contributed by atoms with E-state index in [2.05, 4.69) is 65.6 Å². The fourth-order valence-corrected chi connectivity index (χ4v) is 5.23. The number of para-hydroxylation sites is 2. The molecular weight excluding hydrogens is 467 g/mol. The summed E-state index contributed by atoms with van der Waals surface area (Å²) in [6, 6.07) is 30.2. The molecule has 0 spiro atoms. The van der Waals surface area contributed by atoms with E-state index in [0.717, 1.165) is 43.6 Å². The van der Waals surface area contributed by atoms with Crippen molar-refractivity contribution in [2.75, 3.05) is 32.7 Å². The first-order valence-electron chi connectivity index (χ1n) is 11.8. The maximum atomic E-state index is 12.3. The van der Waals surface area contributed by atoms with E-state index in [4.69, 9.17) is 0 Å². The molecule has 5 nitrogen and oxygen atoms in total. The molecule has 1 aliphatic rings. The van der Waals surface area contributed by atoms with Crippen LogP contribution in [0.25, 0.3) is 11.0 Å². The van der Waals surface area contributed by atoms with E-state index in [1.165, 1.54) is 24.2 Å². The third-order valence-electron chi connectivity index (χ3n) is 6.87. The van der Waals surface area contributed by atoms with Gasteiger partial charge >= 0.3 is 5.69 Å². The average molecular weight is 499 g/mol. The first kappa shape index (κ1) is 26.0. The van der Waals surface area contributed by atoms with Crippen molar-refractivity contribution in [1.82, 2.24) is 9.55 Å². The Hall–Kier alpha value is -2.57. The number of aryl methyl sites for hydroxylation is 1. The zero-order chi connectivity index (χ0) is 21.8. The van der Waals surface area contributed by atoms with Gasteiger partial charge in [0.05, 0.1) is 17.6 Å². The zero-order valence-electron chi connectivity index (χ0n) is 19.2. The van der Waals surface area contributed by atoms with Crippen molar-refractivity contribution < 1.29 is 34.6 Å². The van der Waals surface area contributed by atoms with E-state index in [1.807, 2.05) is 28.8 Å². The van der Waals surface area contributed by atoms with Gasteiger partial charge < -0.3 is 39.6 Å². The standard InChI is InChI=1S/C27H30N4O.2ClH/c32-27-28-24-14-7-8-15-25(24)31(27)17-9-16-29-18-20-30(21-19-29)26(22-10-3-1-4-11-22)23-12-5-2-6-13-23;;/h1-8,10-15,26H,9,16-21H2,(H,28,32);2*1H. The molecule has 180 valence electrons. The molecule has 1 aromatic heterocycles. The van der Waals surface area contributed by atoms with E-state index >= 15 is 0 Å². The van der Waals surface area contributed by atoms with Crippen molar-refractivity contribution in [3.63, 3.8) is 0 Å². The minimum Gasteiger partial charge on any atom is -1.00 e. The maximum Gasteiger partial charge on any atom is 0.326 e. The van der Waals surface area contributed by atoms with Crippen molar-refractivity contribution in [3.05, 3.63) is 107 Å². The lowest BCUT2D eigenvalue weighted by molar-refractivity contribution is -1.02. The monoisotopic (exact) mass is 498 g/mol. The Morgan fingerprint density at radius 3 is 1.94 bits per heavy atom. The van der Waals surface area contributed by atoms with Gasteiger partial charge in [-0.2, -0.15) is 0 Å². The maximum absolute atomic E-state index is 12.3. The molecule has 0 atom stereocenters. The molecule has 4 aromatic rings. The first-order chi connectivity index (χ1) is 15.8. The van der Waals surface area contributed by atoms with Crippen molar-refractivity contribution in [2.45, 2.75) is 19.0 Å². The summed E-state index contributed by atoms with van der Waals surface area (Å²) >= 11 is 0. The third-order valence-corrected chi connectivity index (χ3v) is 6.87. The van der Waals surface area contributed by atoms with Crippen LogP contribution in [0.1, 0.15) is 23.6 Å². The van der Waals surface area contributed by atoms with E-state index in [0.29, 0.717) is 6.04 Å². The minimum absolute atomic E-state index is 0. The number of benzene rings is 3. The van der Waals surface area contributed by atoms with Gasteiger partial charge in [0, 0.05) is 24.1 Å². The number of aromatic nitrogens is 2. The molecule has 0 unspecified atom stereocenters. The SMILES string of the molecule is O=c1[nH]c2ccccc2n1CCC[NH+]1CC[NH+](C(c2ccccc2)c2ccccc2)CC1.[Cl-].[Cl-]. The molecule has 0 bridgehead atoms. The second-order valence-electron chi connectivity index (χ2n) is 8.87. The number of imidazole rings is 1. The van der Waals surface area contributed by atoms with Crippen molar-refractivity contribution in [1.29, 1.82) is 0 Å². The molecule has 3 N–H and O–H groups in total. The number of quaternary nitrogens is 2. The van der Waals surface area contributed by atoms with Crippen LogP contribution in [-0.4, -0.2) is 42.3 Å². The number of nitrogens with zero attached hydrogens (tertiary/aromatic N) is 1. The summed E-state index contributed by atoms with van der Waals surface area (Å²) in [5, 5.41) is 0. The lowest BCUT2D eigenvalue weighted by Crippen LogP contribution is -3.28. The Labute approximate surface area is 213 Å². The highest BCUT2D eigenvalue weighted by Crippen LogP contribution is 2.18. The predicted molar refractivity (Wildman–Crippen MR) is 128 cm³/mol. The van der Waals surface area contributed by atoms with Gasteiger partial charge in [-0.15, -0.1) is 0 Å². The number of H-pyrrole nitrogens is 1. The number of fused-ring (bicyclic) bond motifs is 1. The lowest BCUT2D eigenvalue weighted by atomic mass is 9.96. The number of piperazine rings is 1. The normalized spacial score (nSPS) is 17.8. The number of hydrogen-bond donors (Lipinski definition) is 3. The van der Waals surface area contributed by atoms with Crippen LogP contribution >= 0.6 is 0 Å². The number of rotatable bonds is 7. The lowest BCUT2D eigenvalue weighted by Gasteiger charge is -2.35. The molecule has 34 heavy (non-hydrogen) atoms. The molecule has 0 amide bonds. The Morgan fingerprint density at radius 1 is 0.765 bits per heavy atom. The van der Waals surface area contributed by atoms with Crippen LogP contribution in [0.2, 0.25) is 0 Å². The van der Waals surface area contributed by atoms with Crippen LogP contribution in [0.3, 0.4) is 0 Å². The van der Waals surface area contributed by atoms with Crippen LogP contribution in [0.15, 0.2) is 89.7 Å². The highest BCUT2D eigenvalue weighted by molar-refractivity contribution is 5.74. The third kappa shape index (κ3) is 5.73. The molecule has 1 aliphatic heterocycles. The molecule has 2 heterocycles. The number of halogens is 2. The Kier molecular flexibility index (Phi) is 9.36. The summed E-state index contributed by atoms with van der Waals surface area (Å²) < 4.78 is 1.89. The number of hydrogen-bond acceptors (Lipinski definition) is 1. The Bertz CT molecular complexity index is 1160. The Balaban J connectivity index is 0.00000162. The summed E-state index contributed by atoms with van der Waals surface area (Å²) in [4.78, 5) is 18.6. The molecule has 0 radical (unpaired) electrons. The summed E-state index contributed by atoms with van der Waals surface area (Å²) in [7, 11) is 0. The van der Waals surface area contributed by atoms with E-state index in [1.54, 1.807) is 9.80 Å². The van der Waals surface area contributed by atoms with E-state index in [9.17, 15) is 4.79 Å². The van der Waals surface area contributed by atoms with Crippen LogP contribution in [0.4, 0.5) is 0 Å². The minimum atomic E-state index is 0. The van der Waals surface area contributed by atoms with Crippen LogP contribution in [0.5, 0.6) is 0 Å². The zero-order valence-corrected chi connectivity index (χ0v) is 20.7. The molecule has 5 rings (SSSR count). The van der Waals surface area contributed by atoms with Gasteiger partial charge in [0.1, 0.15) is 32.2 Å². The summed E-state index contributed by atoms with van der Waals surface area (Å²) in [6.07, 6.45) is 1.02. The fourth-order valence-electron chi connectivity index (χ4n) is 5.23. The van der Waals surface area contributed by atoms with Crippen LogP contribution in [0, 0.1) is 0 Å². The molecule has 0 saturated carbocycles. The van der Waals surface area contributed by atoms with Gasteiger partial charge in [-0.1, -0.05) is 72.8 Å². The average Bonchev–Trinajstić information content (AvgIpc) is 3.17. The molecular formula is C27H32Cl2N4O. The number of nitrogens with one attached hydrogen (secondary N) is 3. The number of aromatic amines is 1. The van der Waals surface area contributed by atoms with E-state index in [-0.39, 0.29) is 30.5 Å². The van der Waals surface area contributed by atoms with Gasteiger partial charge in [-0.25, -0.2) is 4.79 Å². The van der Waals surface area contributed by atoms with Crippen molar-refractivity contribution >= 4 is 11.0 Å². The molecule has 1 fully saturated rings. The van der Waals surface area contributed by atoms with Gasteiger partial charge in [-0.05, 0) is 12.1 Å².